The molecule has 1 aliphatic rings. The molecule has 2 unspecified atom stereocenters. The van der Waals surface area contributed by atoms with Crippen molar-refractivity contribution >= 4 is 5.69 Å². The predicted molar refractivity (Wildman–Crippen MR) is 78.7 cm³/mol. The Morgan fingerprint density at radius 2 is 2.15 bits per heavy atom. The van der Waals surface area contributed by atoms with Gasteiger partial charge in [-0.15, -0.1) is 0 Å². The third-order valence-corrected chi connectivity index (χ3v) is 3.76. The molecule has 0 aromatic heterocycles. The van der Waals surface area contributed by atoms with Gasteiger partial charge in [0, 0.05) is 12.6 Å². The normalized spacial score (nSPS) is 21.6. The highest BCUT2D eigenvalue weighted by atomic mass is 16.5. The molecule has 0 aliphatic carbocycles. The molecule has 4 N–H and O–H groups in total. The van der Waals surface area contributed by atoms with Crippen molar-refractivity contribution in [2.24, 2.45) is 0 Å². The standard InChI is InChI=1S/C15H24N2O3/c16-14-6-1-2-7-15(14)20-11-13(19)9-17-8-4-3-5-12(17)10-18/h1-2,6-7,12-13,18-19H,3-5,8-11,16H2. The monoisotopic (exact) mass is 280 g/mol. The van der Waals surface area contributed by atoms with Gasteiger partial charge < -0.3 is 20.7 Å². The number of rotatable bonds is 6. The summed E-state index contributed by atoms with van der Waals surface area (Å²) in [4.78, 5) is 2.14. The van der Waals surface area contributed by atoms with Crippen LogP contribution in [0.15, 0.2) is 24.3 Å². The predicted octanol–water partition coefficient (Wildman–Crippen LogP) is 0.855. The van der Waals surface area contributed by atoms with Crippen LogP contribution in [-0.4, -0.2) is 53.6 Å². The van der Waals surface area contributed by atoms with Gasteiger partial charge in [0.2, 0.25) is 0 Å². The van der Waals surface area contributed by atoms with Gasteiger partial charge in [-0.3, -0.25) is 4.90 Å². The molecule has 1 aromatic rings. The van der Waals surface area contributed by atoms with E-state index in [1.807, 2.05) is 12.1 Å². The van der Waals surface area contributed by atoms with E-state index in [-0.39, 0.29) is 19.3 Å². The van der Waals surface area contributed by atoms with Crippen LogP contribution >= 0.6 is 0 Å². The average Bonchev–Trinajstić information content (AvgIpc) is 2.47. The van der Waals surface area contributed by atoms with Crippen molar-refractivity contribution in [2.45, 2.75) is 31.4 Å². The largest absolute Gasteiger partial charge is 0.489 e. The first kappa shape index (κ1) is 15.1. The number of nitrogen functional groups attached to an aromatic ring is 1. The van der Waals surface area contributed by atoms with Crippen LogP contribution in [-0.2, 0) is 0 Å². The zero-order chi connectivity index (χ0) is 14.4. The van der Waals surface area contributed by atoms with Gasteiger partial charge in [0.05, 0.1) is 12.3 Å². The minimum Gasteiger partial charge on any atom is -0.489 e. The lowest BCUT2D eigenvalue weighted by molar-refractivity contribution is 0.0233. The van der Waals surface area contributed by atoms with Gasteiger partial charge in [-0.25, -0.2) is 0 Å². The molecule has 0 saturated carbocycles. The number of likely N-dealkylation sites (tertiary alicyclic amines) is 1. The number of aliphatic hydroxyl groups is 2. The Kier molecular flexibility index (Phi) is 5.64. The SMILES string of the molecule is Nc1ccccc1OCC(O)CN1CCCCC1CO. The van der Waals surface area contributed by atoms with Crippen LogP contribution in [0.2, 0.25) is 0 Å². The molecule has 0 bridgehead atoms. The number of hydrogen-bond donors (Lipinski definition) is 3. The van der Waals surface area contributed by atoms with Crippen LogP contribution < -0.4 is 10.5 Å². The maximum Gasteiger partial charge on any atom is 0.142 e. The lowest BCUT2D eigenvalue weighted by atomic mass is 10.0. The van der Waals surface area contributed by atoms with Gasteiger partial charge in [0.15, 0.2) is 0 Å². The van der Waals surface area contributed by atoms with Crippen LogP contribution in [0.1, 0.15) is 19.3 Å². The third kappa shape index (κ3) is 4.10. The molecular formula is C15H24N2O3. The molecule has 0 amide bonds. The van der Waals surface area contributed by atoms with Crippen molar-refractivity contribution in [3.8, 4) is 5.75 Å². The smallest absolute Gasteiger partial charge is 0.142 e. The van der Waals surface area contributed by atoms with Crippen LogP contribution in [0.25, 0.3) is 0 Å². The first-order valence-electron chi connectivity index (χ1n) is 7.21. The molecule has 5 heteroatoms. The summed E-state index contributed by atoms with van der Waals surface area (Å²) in [5, 5.41) is 19.4. The minimum absolute atomic E-state index is 0.152. The van der Waals surface area contributed by atoms with Crippen LogP contribution in [0.5, 0.6) is 5.75 Å². The first-order chi connectivity index (χ1) is 9.70. The zero-order valence-corrected chi connectivity index (χ0v) is 11.7. The molecule has 112 valence electrons. The fourth-order valence-corrected chi connectivity index (χ4v) is 2.63. The number of hydrogen-bond acceptors (Lipinski definition) is 5. The minimum atomic E-state index is -0.582. The van der Waals surface area contributed by atoms with Crippen molar-refractivity contribution in [3.05, 3.63) is 24.3 Å². The molecule has 1 saturated heterocycles. The Labute approximate surface area is 120 Å². The Bertz CT molecular complexity index is 414. The summed E-state index contributed by atoms with van der Waals surface area (Å²) in [5.74, 6) is 0.601. The van der Waals surface area contributed by atoms with Gasteiger partial charge in [0.1, 0.15) is 18.5 Å². The van der Waals surface area contributed by atoms with E-state index in [4.69, 9.17) is 10.5 Å². The van der Waals surface area contributed by atoms with E-state index in [2.05, 4.69) is 4.90 Å². The van der Waals surface area contributed by atoms with Crippen LogP contribution in [0.4, 0.5) is 5.69 Å². The van der Waals surface area contributed by atoms with Crippen molar-refractivity contribution in [2.75, 3.05) is 32.0 Å². The third-order valence-electron chi connectivity index (χ3n) is 3.76. The zero-order valence-electron chi connectivity index (χ0n) is 11.7. The summed E-state index contributed by atoms with van der Waals surface area (Å²) in [6, 6.07) is 7.43. The highest BCUT2D eigenvalue weighted by Crippen LogP contribution is 2.20. The Hall–Kier alpha value is -1.30. The lowest BCUT2D eigenvalue weighted by Gasteiger charge is -2.35. The summed E-state index contributed by atoms with van der Waals surface area (Å²) in [5.41, 5.74) is 6.36. The number of para-hydroxylation sites is 2. The van der Waals surface area contributed by atoms with Crippen LogP contribution in [0.3, 0.4) is 0 Å². The highest BCUT2D eigenvalue weighted by molar-refractivity contribution is 5.51. The number of aliphatic hydroxyl groups excluding tert-OH is 2. The molecular weight excluding hydrogens is 256 g/mol. The number of ether oxygens (including phenoxy) is 1. The molecule has 0 radical (unpaired) electrons. The number of nitrogens with zero attached hydrogens (tertiary/aromatic N) is 1. The summed E-state index contributed by atoms with van der Waals surface area (Å²) >= 11 is 0. The fourth-order valence-electron chi connectivity index (χ4n) is 2.63. The van der Waals surface area contributed by atoms with Crippen LogP contribution in [0, 0.1) is 0 Å². The number of benzene rings is 1. The molecule has 20 heavy (non-hydrogen) atoms. The highest BCUT2D eigenvalue weighted by Gasteiger charge is 2.23. The Morgan fingerprint density at radius 3 is 2.90 bits per heavy atom. The molecule has 0 spiro atoms. The van der Waals surface area contributed by atoms with Gasteiger partial charge in [0.25, 0.3) is 0 Å². The molecule has 2 atom stereocenters. The molecule has 1 heterocycles. The van der Waals surface area contributed by atoms with E-state index in [1.54, 1.807) is 12.1 Å². The molecule has 1 fully saturated rings. The first-order valence-corrected chi connectivity index (χ1v) is 7.21. The van der Waals surface area contributed by atoms with E-state index in [9.17, 15) is 10.2 Å². The van der Waals surface area contributed by atoms with E-state index >= 15 is 0 Å². The summed E-state index contributed by atoms with van der Waals surface area (Å²) in [6.45, 7) is 1.82. The van der Waals surface area contributed by atoms with Crippen molar-refractivity contribution in [1.82, 2.24) is 4.90 Å². The van der Waals surface area contributed by atoms with E-state index in [0.29, 0.717) is 18.0 Å². The summed E-state index contributed by atoms with van der Waals surface area (Å²) in [7, 11) is 0. The second kappa shape index (κ2) is 7.47. The number of piperidine rings is 1. The number of β-amino-alcohol motifs (C(OH)–C–C–N with tert-alkyl or cyclic N) is 1. The maximum atomic E-state index is 10.1. The Morgan fingerprint density at radius 1 is 1.35 bits per heavy atom. The van der Waals surface area contributed by atoms with Gasteiger partial charge in [-0.2, -0.15) is 0 Å². The molecule has 2 rings (SSSR count). The van der Waals surface area contributed by atoms with E-state index in [0.717, 1.165) is 25.8 Å². The average molecular weight is 280 g/mol. The molecule has 1 aromatic carbocycles. The van der Waals surface area contributed by atoms with Crippen molar-refractivity contribution < 1.29 is 14.9 Å². The molecule has 5 nitrogen and oxygen atoms in total. The van der Waals surface area contributed by atoms with Gasteiger partial charge in [-0.05, 0) is 31.5 Å². The Balaban J connectivity index is 1.80. The molecule has 1 aliphatic heterocycles. The summed E-state index contributed by atoms with van der Waals surface area (Å²) in [6.07, 6.45) is 2.68. The second-order valence-electron chi connectivity index (χ2n) is 5.33. The maximum absolute atomic E-state index is 10.1. The van der Waals surface area contributed by atoms with Gasteiger partial charge in [-0.1, -0.05) is 18.6 Å². The van der Waals surface area contributed by atoms with E-state index in [1.165, 1.54) is 0 Å². The topological polar surface area (TPSA) is 79.0 Å². The second-order valence-corrected chi connectivity index (χ2v) is 5.33. The van der Waals surface area contributed by atoms with Crippen molar-refractivity contribution in [3.63, 3.8) is 0 Å². The lowest BCUT2D eigenvalue weighted by Crippen LogP contribution is -2.46. The van der Waals surface area contributed by atoms with Crippen molar-refractivity contribution in [1.29, 1.82) is 0 Å². The number of anilines is 1. The fraction of sp³-hybridized carbons (Fsp3) is 0.600. The summed E-state index contributed by atoms with van der Waals surface area (Å²) < 4.78 is 5.54. The van der Waals surface area contributed by atoms with Gasteiger partial charge >= 0.3 is 0 Å². The number of nitrogens with two attached hydrogens (primary N) is 1. The quantitative estimate of drug-likeness (QED) is 0.673. The van der Waals surface area contributed by atoms with E-state index < -0.39 is 6.10 Å².